The maximum Gasteiger partial charge on any atom is 0.330 e. The predicted octanol–water partition coefficient (Wildman–Crippen LogP) is 5.94. The van der Waals surface area contributed by atoms with Crippen LogP contribution in [0.1, 0.15) is 19.8 Å². The van der Waals surface area contributed by atoms with Crippen LogP contribution in [0.2, 0.25) is 5.02 Å². The highest BCUT2D eigenvalue weighted by molar-refractivity contribution is 6.31. The molecule has 0 aliphatic heterocycles. The molecular weight excluding hydrogens is 388 g/mol. The molecule has 1 unspecified atom stereocenters. The van der Waals surface area contributed by atoms with Crippen LogP contribution in [0.3, 0.4) is 0 Å². The molecule has 0 fully saturated rings. The van der Waals surface area contributed by atoms with E-state index in [1.165, 1.54) is 0 Å². The molecule has 0 spiro atoms. The Bertz CT molecular complexity index is 999. The maximum atomic E-state index is 11.7. The first-order valence-electron chi connectivity index (χ1n) is 9.77. The number of unbranched alkanes of at least 4 members (excludes halogenated alkanes) is 1. The van der Waals surface area contributed by atoms with Gasteiger partial charge in [-0.3, -0.25) is 0 Å². The second-order valence-corrected chi connectivity index (χ2v) is 7.23. The highest BCUT2D eigenvalue weighted by Gasteiger charge is 2.17. The second-order valence-electron chi connectivity index (χ2n) is 6.79. The van der Waals surface area contributed by atoms with E-state index in [1.807, 2.05) is 42.5 Å². The molecule has 0 saturated heterocycles. The smallest absolute Gasteiger partial charge is 0.330 e. The van der Waals surface area contributed by atoms with Crippen molar-refractivity contribution in [2.75, 3.05) is 19.8 Å². The normalized spacial score (nSPS) is 12.1. The molecular formula is C24H25ClO4. The molecule has 0 aliphatic carbocycles. The van der Waals surface area contributed by atoms with Crippen LogP contribution < -0.4 is 4.74 Å². The molecule has 3 aromatic rings. The summed E-state index contributed by atoms with van der Waals surface area (Å²) in [5.41, 5.74) is 0. The van der Waals surface area contributed by atoms with Crippen LogP contribution >= 0.6 is 11.6 Å². The van der Waals surface area contributed by atoms with Gasteiger partial charge in [-0.25, -0.2) is 4.79 Å². The highest BCUT2D eigenvalue weighted by Crippen LogP contribution is 2.36. The fourth-order valence-corrected chi connectivity index (χ4v) is 3.29. The van der Waals surface area contributed by atoms with Gasteiger partial charge in [0.1, 0.15) is 12.4 Å². The van der Waals surface area contributed by atoms with Gasteiger partial charge in [-0.05, 0) is 35.4 Å². The number of rotatable bonds is 10. The molecule has 0 aromatic heterocycles. The largest absolute Gasteiger partial charge is 0.488 e. The van der Waals surface area contributed by atoms with Gasteiger partial charge >= 0.3 is 5.97 Å². The number of carbonyl (C=O) groups is 1. The lowest BCUT2D eigenvalue weighted by Gasteiger charge is -2.20. The number of halogens is 1. The molecule has 152 valence electrons. The molecule has 0 amide bonds. The summed E-state index contributed by atoms with van der Waals surface area (Å²) in [4.78, 5) is 11.7. The van der Waals surface area contributed by atoms with E-state index in [2.05, 4.69) is 19.6 Å². The summed E-state index contributed by atoms with van der Waals surface area (Å²) in [6.07, 6.45) is 2.60. The fraction of sp³-hybridized carbons (Fsp3) is 0.292. The van der Waals surface area contributed by atoms with Crippen LogP contribution in [-0.2, 0) is 14.3 Å². The first kappa shape index (κ1) is 21.2. The molecule has 4 nitrogen and oxygen atoms in total. The zero-order chi connectivity index (χ0) is 20.6. The zero-order valence-corrected chi connectivity index (χ0v) is 17.3. The van der Waals surface area contributed by atoms with Crippen LogP contribution in [0, 0.1) is 0 Å². The molecule has 0 heterocycles. The van der Waals surface area contributed by atoms with Crippen molar-refractivity contribution in [3.05, 3.63) is 66.2 Å². The Morgan fingerprint density at radius 3 is 2.69 bits per heavy atom. The van der Waals surface area contributed by atoms with Crippen molar-refractivity contribution in [1.29, 1.82) is 0 Å². The highest BCUT2D eigenvalue weighted by atomic mass is 35.5. The van der Waals surface area contributed by atoms with Crippen molar-refractivity contribution in [2.45, 2.75) is 25.9 Å². The van der Waals surface area contributed by atoms with Crippen LogP contribution in [0.15, 0.2) is 61.2 Å². The Kier molecular flexibility index (Phi) is 7.50. The summed E-state index contributed by atoms with van der Waals surface area (Å²) in [7, 11) is 0. The van der Waals surface area contributed by atoms with Crippen molar-refractivity contribution in [2.24, 2.45) is 0 Å². The molecule has 1 atom stereocenters. The first-order valence-corrected chi connectivity index (χ1v) is 10.1. The molecule has 3 rings (SSSR count). The topological polar surface area (TPSA) is 44.8 Å². The van der Waals surface area contributed by atoms with E-state index in [-0.39, 0.29) is 13.2 Å². The van der Waals surface area contributed by atoms with Crippen molar-refractivity contribution in [1.82, 2.24) is 0 Å². The number of fused-ring (bicyclic) bond motifs is 2. The molecule has 0 bridgehead atoms. The van der Waals surface area contributed by atoms with Gasteiger partial charge in [-0.2, -0.15) is 0 Å². The molecule has 0 saturated carbocycles. The molecule has 3 aromatic carbocycles. The summed E-state index contributed by atoms with van der Waals surface area (Å²) in [6, 6.07) is 15.8. The molecule has 0 radical (unpaired) electrons. The molecule has 0 N–H and O–H groups in total. The number of esters is 1. The van der Waals surface area contributed by atoms with E-state index in [9.17, 15) is 4.79 Å². The summed E-state index contributed by atoms with van der Waals surface area (Å²) < 4.78 is 17.3. The average molecular weight is 413 g/mol. The monoisotopic (exact) mass is 412 g/mol. The van der Waals surface area contributed by atoms with Gasteiger partial charge in [0.05, 0.1) is 6.61 Å². The Hall–Kier alpha value is -2.56. The summed E-state index contributed by atoms with van der Waals surface area (Å²) in [5, 5.41) is 4.62. The van der Waals surface area contributed by atoms with Gasteiger partial charge in [-0.15, -0.1) is 0 Å². The molecule has 0 aliphatic rings. The lowest BCUT2D eigenvalue weighted by Crippen LogP contribution is -2.29. The summed E-state index contributed by atoms with van der Waals surface area (Å²) >= 11 is 6.23. The van der Waals surface area contributed by atoms with Crippen molar-refractivity contribution >= 4 is 39.1 Å². The van der Waals surface area contributed by atoms with E-state index in [0.29, 0.717) is 17.4 Å². The van der Waals surface area contributed by atoms with Gasteiger partial charge in [0, 0.05) is 28.5 Å². The SMILES string of the molecule is C=CC(=O)OC(COCCCC)COc1c2ccccc2cc2ccc(Cl)cc12. The minimum Gasteiger partial charge on any atom is -0.488 e. The Balaban J connectivity index is 1.87. The second kappa shape index (κ2) is 10.3. The van der Waals surface area contributed by atoms with Gasteiger partial charge in [0.15, 0.2) is 6.10 Å². The minimum absolute atomic E-state index is 0.168. The third-order valence-electron chi connectivity index (χ3n) is 4.59. The molecule has 5 heteroatoms. The van der Waals surface area contributed by atoms with Crippen molar-refractivity contribution < 1.29 is 19.0 Å². The van der Waals surface area contributed by atoms with E-state index in [1.54, 1.807) is 0 Å². The van der Waals surface area contributed by atoms with Gasteiger partial charge in [0.25, 0.3) is 0 Å². The summed E-state index contributed by atoms with van der Waals surface area (Å²) in [6.45, 7) is 6.61. The van der Waals surface area contributed by atoms with Crippen LogP contribution in [-0.4, -0.2) is 31.9 Å². The Labute approximate surface area is 176 Å². The number of hydrogen-bond donors (Lipinski definition) is 0. The Morgan fingerprint density at radius 2 is 1.90 bits per heavy atom. The third kappa shape index (κ3) is 5.49. The fourth-order valence-electron chi connectivity index (χ4n) is 3.11. The summed E-state index contributed by atoms with van der Waals surface area (Å²) in [5.74, 6) is 0.220. The van der Waals surface area contributed by atoms with Gasteiger partial charge < -0.3 is 14.2 Å². The third-order valence-corrected chi connectivity index (χ3v) is 4.82. The average Bonchev–Trinajstić information content (AvgIpc) is 2.73. The van der Waals surface area contributed by atoms with Gasteiger partial charge in [-0.1, -0.05) is 61.9 Å². The number of ether oxygens (including phenoxy) is 3. The van der Waals surface area contributed by atoms with Crippen LogP contribution in [0.4, 0.5) is 0 Å². The van der Waals surface area contributed by atoms with Crippen molar-refractivity contribution in [3.8, 4) is 5.75 Å². The van der Waals surface area contributed by atoms with Crippen molar-refractivity contribution in [3.63, 3.8) is 0 Å². The Morgan fingerprint density at radius 1 is 1.10 bits per heavy atom. The quantitative estimate of drug-likeness (QED) is 0.179. The van der Waals surface area contributed by atoms with E-state index >= 15 is 0 Å². The van der Waals surface area contributed by atoms with E-state index in [0.717, 1.165) is 40.5 Å². The lowest BCUT2D eigenvalue weighted by atomic mass is 10.0. The maximum absolute atomic E-state index is 11.7. The van der Waals surface area contributed by atoms with Crippen LogP contribution in [0.25, 0.3) is 21.5 Å². The van der Waals surface area contributed by atoms with Crippen LogP contribution in [0.5, 0.6) is 5.75 Å². The zero-order valence-electron chi connectivity index (χ0n) is 16.5. The number of hydrogen-bond acceptors (Lipinski definition) is 4. The number of benzene rings is 3. The van der Waals surface area contributed by atoms with Gasteiger partial charge in [0.2, 0.25) is 0 Å². The minimum atomic E-state index is -0.537. The first-order chi connectivity index (χ1) is 14.1. The predicted molar refractivity (Wildman–Crippen MR) is 118 cm³/mol. The number of carbonyl (C=O) groups excluding carboxylic acids is 1. The molecule has 29 heavy (non-hydrogen) atoms. The van der Waals surface area contributed by atoms with E-state index < -0.39 is 12.1 Å². The standard InChI is InChI=1S/C24H25ClO4/c1-3-5-12-27-15-20(29-23(26)4-2)16-28-24-21-9-7-6-8-17(21)13-18-10-11-19(25)14-22(18)24/h4,6-11,13-14,20H,2-3,5,12,15-16H2,1H3. The van der Waals surface area contributed by atoms with E-state index in [4.69, 9.17) is 25.8 Å². The lowest BCUT2D eigenvalue weighted by molar-refractivity contribution is -0.148.